The zero-order chi connectivity index (χ0) is 15.0. The number of aromatic nitrogens is 2. The van der Waals surface area contributed by atoms with Gasteiger partial charge in [0.15, 0.2) is 5.03 Å². The van der Waals surface area contributed by atoms with E-state index in [1.54, 1.807) is 4.90 Å². The molecule has 21 heavy (non-hydrogen) atoms. The van der Waals surface area contributed by atoms with Crippen LogP contribution in [0, 0.1) is 5.92 Å². The molecule has 1 aromatic heterocycles. The number of rotatable bonds is 4. The third kappa shape index (κ3) is 2.82. The van der Waals surface area contributed by atoms with Crippen LogP contribution in [0.2, 0.25) is 0 Å². The maximum atomic E-state index is 12.5. The van der Waals surface area contributed by atoms with Gasteiger partial charge in [0, 0.05) is 38.5 Å². The van der Waals surface area contributed by atoms with E-state index in [1.165, 1.54) is 10.5 Å². The van der Waals surface area contributed by atoms with Crippen LogP contribution in [0.15, 0.2) is 11.2 Å². The molecule has 3 rings (SSSR count). The lowest BCUT2D eigenvalue weighted by atomic mass is 10.3. The second kappa shape index (κ2) is 5.42. The Morgan fingerprint density at radius 1 is 1.33 bits per heavy atom. The maximum absolute atomic E-state index is 12.5. The standard InChI is InChI=1S/C13H20N4O3S/c1-2-11-14-9-12(15-11)21(19,20)17-7-5-16(6-8-17)13(18)10-3-4-10/h9-10H,2-8H2,1H3,(H,14,15). The molecular weight excluding hydrogens is 292 g/mol. The summed E-state index contributed by atoms with van der Waals surface area (Å²) in [5.41, 5.74) is 0. The summed E-state index contributed by atoms with van der Waals surface area (Å²) in [6, 6.07) is 0. The Morgan fingerprint density at radius 3 is 2.52 bits per heavy atom. The molecule has 2 fully saturated rings. The summed E-state index contributed by atoms with van der Waals surface area (Å²) in [4.78, 5) is 20.6. The first-order valence-corrected chi connectivity index (χ1v) is 8.79. The van der Waals surface area contributed by atoms with E-state index >= 15 is 0 Å². The minimum absolute atomic E-state index is 0.140. The van der Waals surface area contributed by atoms with Crippen molar-refractivity contribution >= 4 is 15.9 Å². The highest BCUT2D eigenvalue weighted by Crippen LogP contribution is 2.31. The summed E-state index contributed by atoms with van der Waals surface area (Å²) in [5.74, 6) is 1.03. The number of nitrogens with zero attached hydrogens (tertiary/aromatic N) is 3. The Bertz CT molecular complexity index is 628. The van der Waals surface area contributed by atoms with Gasteiger partial charge < -0.3 is 9.88 Å². The Kier molecular flexibility index (Phi) is 3.75. The predicted molar refractivity (Wildman–Crippen MR) is 76.0 cm³/mol. The zero-order valence-corrected chi connectivity index (χ0v) is 12.9. The lowest BCUT2D eigenvalue weighted by Gasteiger charge is -2.33. The Morgan fingerprint density at radius 2 is 2.00 bits per heavy atom. The second-order valence-corrected chi connectivity index (χ2v) is 7.46. The van der Waals surface area contributed by atoms with Crippen molar-refractivity contribution in [1.82, 2.24) is 19.2 Å². The normalized spacial score (nSPS) is 20.7. The van der Waals surface area contributed by atoms with Gasteiger partial charge in [-0.05, 0) is 12.8 Å². The molecule has 0 unspecified atom stereocenters. The third-order valence-electron chi connectivity index (χ3n) is 4.03. The summed E-state index contributed by atoms with van der Waals surface area (Å²) in [7, 11) is -3.53. The van der Waals surface area contributed by atoms with Gasteiger partial charge in [0.05, 0.1) is 6.20 Å². The number of aromatic amines is 1. The molecule has 2 aliphatic rings. The van der Waals surface area contributed by atoms with Crippen LogP contribution in [0.3, 0.4) is 0 Å². The summed E-state index contributed by atoms with van der Waals surface area (Å²) >= 11 is 0. The first kappa shape index (κ1) is 14.5. The molecule has 0 bridgehead atoms. The number of amides is 1. The van der Waals surface area contributed by atoms with E-state index in [1.807, 2.05) is 6.92 Å². The van der Waals surface area contributed by atoms with Crippen molar-refractivity contribution < 1.29 is 13.2 Å². The fourth-order valence-electron chi connectivity index (χ4n) is 2.53. The molecule has 0 aromatic carbocycles. The first-order valence-electron chi connectivity index (χ1n) is 7.35. The van der Waals surface area contributed by atoms with Gasteiger partial charge in [0.1, 0.15) is 5.82 Å². The van der Waals surface area contributed by atoms with Crippen molar-refractivity contribution in [3.8, 4) is 0 Å². The highest BCUT2D eigenvalue weighted by Gasteiger charge is 2.37. The van der Waals surface area contributed by atoms with Crippen molar-refractivity contribution in [1.29, 1.82) is 0 Å². The first-order chi connectivity index (χ1) is 10.0. The van der Waals surface area contributed by atoms with Crippen LogP contribution >= 0.6 is 0 Å². The van der Waals surface area contributed by atoms with Gasteiger partial charge in [-0.25, -0.2) is 13.4 Å². The monoisotopic (exact) mass is 312 g/mol. The molecule has 7 nitrogen and oxygen atoms in total. The number of carbonyl (C=O) groups is 1. The molecule has 1 aromatic rings. The van der Waals surface area contributed by atoms with Gasteiger partial charge in [0.2, 0.25) is 5.91 Å². The van der Waals surface area contributed by atoms with Crippen LogP contribution in [-0.4, -0.2) is 59.7 Å². The van der Waals surface area contributed by atoms with Crippen molar-refractivity contribution in [2.45, 2.75) is 31.2 Å². The highest BCUT2D eigenvalue weighted by molar-refractivity contribution is 7.89. The summed E-state index contributed by atoms with van der Waals surface area (Å²) in [6.45, 7) is 3.56. The summed E-state index contributed by atoms with van der Waals surface area (Å²) in [6.07, 6.45) is 3.99. The van der Waals surface area contributed by atoms with E-state index in [9.17, 15) is 13.2 Å². The van der Waals surface area contributed by atoms with Crippen LogP contribution < -0.4 is 0 Å². The van der Waals surface area contributed by atoms with Gasteiger partial charge in [0.25, 0.3) is 10.0 Å². The van der Waals surface area contributed by atoms with Gasteiger partial charge >= 0.3 is 0 Å². The van der Waals surface area contributed by atoms with Crippen LogP contribution in [0.25, 0.3) is 0 Å². The van der Waals surface area contributed by atoms with Crippen LogP contribution in [-0.2, 0) is 21.2 Å². The fourth-order valence-corrected chi connectivity index (χ4v) is 3.89. The largest absolute Gasteiger partial charge is 0.340 e. The second-order valence-electron chi connectivity index (χ2n) is 5.55. The summed E-state index contributed by atoms with van der Waals surface area (Å²) < 4.78 is 26.4. The van der Waals surface area contributed by atoms with E-state index in [-0.39, 0.29) is 16.9 Å². The molecule has 1 aliphatic carbocycles. The van der Waals surface area contributed by atoms with E-state index in [0.29, 0.717) is 38.4 Å². The van der Waals surface area contributed by atoms with Crippen molar-refractivity contribution in [3.05, 3.63) is 12.0 Å². The topological polar surface area (TPSA) is 86.4 Å². The molecule has 1 amide bonds. The molecule has 0 spiro atoms. The van der Waals surface area contributed by atoms with Gasteiger partial charge in [-0.3, -0.25) is 4.79 Å². The number of sulfonamides is 1. The van der Waals surface area contributed by atoms with Crippen LogP contribution in [0.5, 0.6) is 0 Å². The molecule has 1 saturated carbocycles. The Hall–Kier alpha value is -1.41. The van der Waals surface area contributed by atoms with E-state index in [2.05, 4.69) is 9.97 Å². The average Bonchev–Trinajstić information content (AvgIpc) is 3.23. The lowest BCUT2D eigenvalue weighted by Crippen LogP contribution is -2.50. The highest BCUT2D eigenvalue weighted by atomic mass is 32.2. The molecule has 1 saturated heterocycles. The van der Waals surface area contributed by atoms with Gasteiger partial charge in [-0.2, -0.15) is 4.31 Å². The number of carbonyl (C=O) groups excluding carboxylic acids is 1. The van der Waals surface area contributed by atoms with Crippen molar-refractivity contribution in [2.24, 2.45) is 5.92 Å². The van der Waals surface area contributed by atoms with Crippen molar-refractivity contribution in [2.75, 3.05) is 26.2 Å². The number of hydrogen-bond donors (Lipinski definition) is 1. The minimum Gasteiger partial charge on any atom is -0.340 e. The fraction of sp³-hybridized carbons (Fsp3) is 0.692. The number of aryl methyl sites for hydroxylation is 1. The molecule has 116 valence electrons. The molecular formula is C13H20N4O3S. The smallest absolute Gasteiger partial charge is 0.260 e. The molecule has 0 radical (unpaired) electrons. The zero-order valence-electron chi connectivity index (χ0n) is 12.1. The Balaban J connectivity index is 1.66. The molecule has 8 heteroatoms. The lowest BCUT2D eigenvalue weighted by molar-refractivity contribution is -0.133. The third-order valence-corrected chi connectivity index (χ3v) is 5.84. The van der Waals surface area contributed by atoms with Crippen molar-refractivity contribution in [3.63, 3.8) is 0 Å². The maximum Gasteiger partial charge on any atom is 0.260 e. The van der Waals surface area contributed by atoms with Gasteiger partial charge in [-0.1, -0.05) is 6.92 Å². The SMILES string of the molecule is CCc1ncc(S(=O)(=O)N2CCN(C(=O)C3CC3)CC2)[nH]1. The Labute approximate surface area is 124 Å². The number of imidazole rings is 1. The number of piperazine rings is 1. The number of hydrogen-bond acceptors (Lipinski definition) is 4. The van der Waals surface area contributed by atoms with Crippen LogP contribution in [0.1, 0.15) is 25.6 Å². The van der Waals surface area contributed by atoms with E-state index in [0.717, 1.165) is 12.8 Å². The summed E-state index contributed by atoms with van der Waals surface area (Å²) in [5, 5.41) is 0.140. The average molecular weight is 312 g/mol. The molecule has 2 heterocycles. The van der Waals surface area contributed by atoms with Crippen LogP contribution in [0.4, 0.5) is 0 Å². The number of nitrogens with one attached hydrogen (secondary N) is 1. The molecule has 0 atom stereocenters. The van der Waals surface area contributed by atoms with E-state index < -0.39 is 10.0 Å². The van der Waals surface area contributed by atoms with Gasteiger partial charge in [-0.15, -0.1) is 0 Å². The number of H-pyrrole nitrogens is 1. The predicted octanol–water partition coefficient (Wildman–Crippen LogP) is 0.215. The quantitative estimate of drug-likeness (QED) is 0.861. The van der Waals surface area contributed by atoms with E-state index in [4.69, 9.17) is 0 Å². The minimum atomic E-state index is -3.53. The molecule has 1 N–H and O–H groups in total. The molecule has 1 aliphatic heterocycles.